The summed E-state index contributed by atoms with van der Waals surface area (Å²) in [7, 11) is 0. The van der Waals surface area contributed by atoms with Crippen molar-refractivity contribution in [2.75, 3.05) is 17.2 Å². The Bertz CT molecular complexity index is 1350. The van der Waals surface area contributed by atoms with Crippen molar-refractivity contribution >= 4 is 45.8 Å². The highest BCUT2D eigenvalue weighted by atomic mass is 32.1. The molecular weight excluding hydrogens is 526 g/mol. The maximum Gasteiger partial charge on any atom is 0.280 e. The van der Waals surface area contributed by atoms with Crippen molar-refractivity contribution in [2.45, 2.75) is 64.2 Å². The first-order valence-corrected chi connectivity index (χ1v) is 14.7. The lowest BCUT2D eigenvalue weighted by Gasteiger charge is -2.17. The summed E-state index contributed by atoms with van der Waals surface area (Å²) in [5, 5.41) is 7.23. The summed E-state index contributed by atoms with van der Waals surface area (Å²) in [5.74, 6) is -2.10. The lowest BCUT2D eigenvalue weighted by Crippen LogP contribution is -2.46. The number of imide groups is 1. The van der Waals surface area contributed by atoms with E-state index in [4.69, 9.17) is 4.98 Å². The van der Waals surface area contributed by atoms with E-state index in [1.807, 2.05) is 0 Å². The molecule has 0 saturated carbocycles. The minimum absolute atomic E-state index is 0.0818. The number of carbonyl (C=O) groups excluding carboxylic acids is 4. The second-order valence-electron chi connectivity index (χ2n) is 10.1. The van der Waals surface area contributed by atoms with E-state index in [1.54, 1.807) is 59.9 Å². The van der Waals surface area contributed by atoms with Crippen LogP contribution in [0.3, 0.4) is 0 Å². The number of benzene rings is 2. The number of hydrazine groups is 1. The van der Waals surface area contributed by atoms with Crippen molar-refractivity contribution in [2.24, 2.45) is 0 Å². The third-order valence-corrected chi connectivity index (χ3v) is 8.28. The maximum absolute atomic E-state index is 13.1. The highest BCUT2D eigenvalue weighted by Crippen LogP contribution is 2.28. The number of hydrogen-bond donors (Lipinski definition) is 3. The van der Waals surface area contributed by atoms with E-state index in [2.05, 4.69) is 16.1 Å². The monoisotopic (exact) mass is 559 g/mol. The molecule has 1 aliphatic heterocycles. The molecule has 2 heterocycles. The van der Waals surface area contributed by atoms with E-state index in [0.717, 1.165) is 36.4 Å². The highest BCUT2D eigenvalue weighted by molar-refractivity contribution is 7.15. The van der Waals surface area contributed by atoms with E-state index < -0.39 is 17.7 Å². The second-order valence-corrected chi connectivity index (χ2v) is 11.2. The van der Waals surface area contributed by atoms with Gasteiger partial charge in [-0.3, -0.25) is 24.6 Å². The van der Waals surface area contributed by atoms with Crippen LogP contribution in [0.2, 0.25) is 0 Å². The number of para-hydroxylation sites is 1. The molecule has 1 aliphatic carbocycles. The Morgan fingerprint density at radius 2 is 1.40 bits per heavy atom. The minimum atomic E-state index is -0.642. The summed E-state index contributed by atoms with van der Waals surface area (Å²) in [6, 6.07) is 13.0. The molecule has 4 amide bonds. The Morgan fingerprint density at radius 1 is 0.800 bits per heavy atom. The Balaban J connectivity index is 1.19. The summed E-state index contributed by atoms with van der Waals surface area (Å²) >= 11 is 1.55. The molecule has 2 aliphatic rings. The number of nitrogens with zero attached hydrogens (tertiary/aromatic N) is 2. The normalized spacial score (nSPS) is 15.8. The van der Waals surface area contributed by atoms with Crippen LogP contribution in [-0.2, 0) is 17.6 Å². The van der Waals surface area contributed by atoms with Crippen molar-refractivity contribution in [3.63, 3.8) is 0 Å². The molecule has 3 N–H and O–H groups in total. The minimum Gasteiger partial charge on any atom is -0.375 e. The molecule has 0 bridgehead atoms. The number of amides is 4. The Hall–Kier alpha value is -4.05. The topological polar surface area (TPSA) is 121 Å². The van der Waals surface area contributed by atoms with Crippen LogP contribution in [0, 0.1) is 0 Å². The summed E-state index contributed by atoms with van der Waals surface area (Å²) in [6.45, 7) is -0.0818. The van der Waals surface area contributed by atoms with Gasteiger partial charge in [0.15, 0.2) is 5.13 Å². The van der Waals surface area contributed by atoms with Crippen molar-refractivity contribution < 1.29 is 19.2 Å². The number of rotatable bonds is 6. The van der Waals surface area contributed by atoms with Gasteiger partial charge >= 0.3 is 0 Å². The Kier molecular flexibility index (Phi) is 8.85. The third-order valence-electron chi connectivity index (χ3n) is 7.21. The number of nitrogens with one attached hydrogen (secondary N) is 3. The van der Waals surface area contributed by atoms with Crippen molar-refractivity contribution in [3.8, 4) is 0 Å². The molecule has 0 fully saturated rings. The van der Waals surface area contributed by atoms with Crippen LogP contribution < -0.4 is 16.1 Å². The fourth-order valence-electron chi connectivity index (χ4n) is 5.09. The highest BCUT2D eigenvalue weighted by Gasteiger charge is 2.36. The number of fused-ring (bicyclic) bond motifs is 2. The maximum atomic E-state index is 13.1. The van der Waals surface area contributed by atoms with Crippen LogP contribution in [0.25, 0.3) is 0 Å². The van der Waals surface area contributed by atoms with Crippen LogP contribution in [0.5, 0.6) is 0 Å². The van der Waals surface area contributed by atoms with Crippen LogP contribution in [-0.4, -0.2) is 40.2 Å². The van der Waals surface area contributed by atoms with E-state index in [0.29, 0.717) is 10.8 Å². The Labute approximate surface area is 237 Å². The lowest BCUT2D eigenvalue weighted by atomic mass is 10.0. The van der Waals surface area contributed by atoms with Crippen molar-refractivity contribution in [1.29, 1.82) is 0 Å². The predicted molar refractivity (Wildman–Crippen MR) is 154 cm³/mol. The van der Waals surface area contributed by atoms with Gasteiger partial charge in [0, 0.05) is 10.6 Å². The fraction of sp³-hybridized carbons (Fsp3) is 0.367. The molecule has 0 radical (unpaired) electrons. The molecule has 208 valence electrons. The molecule has 3 aromatic rings. The van der Waals surface area contributed by atoms with Crippen LogP contribution in [0.15, 0.2) is 48.5 Å². The zero-order valence-electron chi connectivity index (χ0n) is 22.3. The summed E-state index contributed by atoms with van der Waals surface area (Å²) in [4.78, 5) is 57.1. The summed E-state index contributed by atoms with van der Waals surface area (Å²) in [5.41, 5.74) is 4.59. The van der Waals surface area contributed by atoms with Crippen molar-refractivity contribution in [1.82, 2.24) is 15.4 Å². The molecule has 0 spiro atoms. The van der Waals surface area contributed by atoms with Gasteiger partial charge in [-0.2, -0.15) is 5.01 Å². The van der Waals surface area contributed by atoms with Gasteiger partial charge in [-0.25, -0.2) is 4.98 Å². The molecule has 0 saturated heterocycles. The van der Waals surface area contributed by atoms with E-state index in [9.17, 15) is 19.2 Å². The number of anilines is 2. The number of hydrogen-bond acceptors (Lipinski definition) is 7. The van der Waals surface area contributed by atoms with Crippen LogP contribution in [0.4, 0.5) is 10.8 Å². The molecule has 1 aromatic heterocycles. The fourth-order valence-corrected chi connectivity index (χ4v) is 6.16. The molecule has 5 rings (SSSR count). The zero-order chi connectivity index (χ0) is 27.9. The number of aromatic nitrogens is 1. The average molecular weight is 560 g/mol. The van der Waals surface area contributed by atoms with Gasteiger partial charge in [-0.15, -0.1) is 11.3 Å². The average Bonchev–Trinajstić information content (AvgIpc) is 3.44. The zero-order valence-corrected chi connectivity index (χ0v) is 23.1. The molecular formula is C30H33N5O4S. The molecule has 0 atom stereocenters. The summed E-state index contributed by atoms with van der Waals surface area (Å²) < 4.78 is 0. The standard InChI is InChI=1S/C30H33N5O4S/c36-26(33-30-32-24-17-7-5-3-1-2-4-6-8-18-25(24)40-30)19-31-23-16-12-11-15-22(23)27(37)34-35-28(38)20-13-9-10-14-21(20)29(35)39/h9-16,31H,1-8,17-19H2,(H,34,37)(H,32,33,36). The molecule has 40 heavy (non-hydrogen) atoms. The number of carbonyl (C=O) groups is 4. The molecule has 2 aromatic carbocycles. The molecule has 10 heteroatoms. The lowest BCUT2D eigenvalue weighted by molar-refractivity contribution is -0.114. The van der Waals surface area contributed by atoms with Crippen LogP contribution in [0.1, 0.15) is 93.0 Å². The largest absolute Gasteiger partial charge is 0.375 e. The quantitative estimate of drug-likeness (QED) is 0.350. The third kappa shape index (κ3) is 6.39. The Morgan fingerprint density at radius 3 is 2.10 bits per heavy atom. The van der Waals surface area contributed by atoms with E-state index in [-0.39, 0.29) is 29.1 Å². The predicted octanol–water partition coefficient (Wildman–Crippen LogP) is 5.35. The van der Waals surface area contributed by atoms with Gasteiger partial charge in [0.1, 0.15) is 0 Å². The number of aryl methyl sites for hydroxylation is 2. The summed E-state index contributed by atoms with van der Waals surface area (Å²) in [6.07, 6.45) is 11.8. The van der Waals surface area contributed by atoms with Gasteiger partial charge in [-0.05, 0) is 49.9 Å². The van der Waals surface area contributed by atoms with E-state index >= 15 is 0 Å². The van der Waals surface area contributed by atoms with Crippen molar-refractivity contribution in [3.05, 3.63) is 75.8 Å². The smallest absolute Gasteiger partial charge is 0.280 e. The van der Waals surface area contributed by atoms with Gasteiger partial charge in [-0.1, -0.05) is 62.8 Å². The van der Waals surface area contributed by atoms with Gasteiger partial charge < -0.3 is 10.6 Å². The first-order chi connectivity index (χ1) is 19.5. The van der Waals surface area contributed by atoms with Crippen LogP contribution >= 0.6 is 11.3 Å². The second kappa shape index (κ2) is 12.9. The van der Waals surface area contributed by atoms with Gasteiger partial charge in [0.05, 0.1) is 28.9 Å². The SMILES string of the molecule is O=C(CNc1ccccc1C(=O)NN1C(=O)c2ccccc2C1=O)Nc1nc2c(s1)CCCCCCCCCC2. The molecule has 9 nitrogen and oxygen atoms in total. The number of thiazole rings is 1. The first kappa shape index (κ1) is 27.5. The van der Waals surface area contributed by atoms with Gasteiger partial charge in [0.2, 0.25) is 5.91 Å². The first-order valence-electron chi connectivity index (χ1n) is 13.9. The van der Waals surface area contributed by atoms with Gasteiger partial charge in [0.25, 0.3) is 17.7 Å². The molecule has 0 unspecified atom stereocenters. The van der Waals surface area contributed by atoms with E-state index in [1.165, 1.54) is 43.4 Å².